The first-order valence-corrected chi connectivity index (χ1v) is 4.92. The molecule has 0 fully saturated rings. The highest BCUT2D eigenvalue weighted by atomic mass is 35.5. The molecule has 0 bridgehead atoms. The Morgan fingerprint density at radius 1 is 1.60 bits per heavy atom. The highest BCUT2D eigenvalue weighted by molar-refractivity contribution is 6.31. The van der Waals surface area contributed by atoms with Crippen molar-refractivity contribution in [2.24, 2.45) is 5.73 Å². The number of hydrogen-bond acceptors (Lipinski definition) is 3. The van der Waals surface area contributed by atoms with Gasteiger partial charge in [-0.15, -0.1) is 0 Å². The first-order chi connectivity index (χ1) is 7.11. The topological polar surface area (TPSA) is 55.5 Å². The fourth-order valence-electron chi connectivity index (χ4n) is 1.30. The van der Waals surface area contributed by atoms with Crippen LogP contribution in [0, 0.1) is 6.92 Å². The third kappa shape index (κ3) is 2.43. The van der Waals surface area contributed by atoms with E-state index in [0.29, 0.717) is 22.9 Å². The summed E-state index contributed by atoms with van der Waals surface area (Å²) in [4.78, 5) is 0. The van der Waals surface area contributed by atoms with Crippen molar-refractivity contribution < 1.29 is 9.84 Å². The molecule has 1 aromatic carbocycles. The smallest absolute Gasteiger partial charge is 0.165 e. The van der Waals surface area contributed by atoms with E-state index in [1.165, 1.54) is 7.11 Å². The maximum atomic E-state index is 9.84. The molecule has 0 saturated carbocycles. The molecular weight excluding hydrogens is 214 g/mol. The Labute approximate surface area is 94.1 Å². The van der Waals surface area contributed by atoms with Gasteiger partial charge in [0.1, 0.15) is 0 Å². The lowest BCUT2D eigenvalue weighted by molar-refractivity contribution is 0.370. The van der Waals surface area contributed by atoms with E-state index in [9.17, 15) is 5.11 Å². The van der Waals surface area contributed by atoms with Crippen molar-refractivity contribution in [3.05, 3.63) is 28.3 Å². The molecule has 0 heterocycles. The van der Waals surface area contributed by atoms with Crippen molar-refractivity contribution in [3.63, 3.8) is 0 Å². The molecule has 0 aliphatic carbocycles. The Morgan fingerprint density at radius 3 is 2.80 bits per heavy atom. The van der Waals surface area contributed by atoms with E-state index >= 15 is 0 Å². The highest BCUT2D eigenvalue weighted by Gasteiger charge is 2.12. The number of nitrogens with two attached hydrogens (primary N) is 1. The van der Waals surface area contributed by atoms with E-state index in [4.69, 9.17) is 22.1 Å². The van der Waals surface area contributed by atoms with Gasteiger partial charge >= 0.3 is 0 Å². The zero-order valence-electron chi connectivity index (χ0n) is 8.75. The molecule has 4 heteroatoms. The van der Waals surface area contributed by atoms with Crippen LogP contribution in [0.4, 0.5) is 0 Å². The third-order valence-corrected chi connectivity index (χ3v) is 2.50. The maximum absolute atomic E-state index is 9.84. The Balaban J connectivity index is 3.30. The average Bonchev–Trinajstić information content (AvgIpc) is 2.22. The normalized spacial score (nSPS) is 10.9. The second-order valence-electron chi connectivity index (χ2n) is 3.09. The molecule has 0 amide bonds. The summed E-state index contributed by atoms with van der Waals surface area (Å²) in [5.41, 5.74) is 6.66. The molecule has 82 valence electrons. The van der Waals surface area contributed by atoms with Crippen molar-refractivity contribution in [2.75, 3.05) is 13.7 Å². The summed E-state index contributed by atoms with van der Waals surface area (Å²) >= 11 is 5.99. The van der Waals surface area contributed by atoms with Gasteiger partial charge in [0.15, 0.2) is 11.5 Å². The standard InChI is InChI=1S/C11H14ClNO2/c1-7-9(12)6-8(4-3-5-13)10(14)11(7)15-2/h3-4,6,14H,5,13H2,1-2H3/b4-3+. The van der Waals surface area contributed by atoms with E-state index in [1.807, 2.05) is 0 Å². The van der Waals surface area contributed by atoms with Gasteiger partial charge in [0.2, 0.25) is 0 Å². The van der Waals surface area contributed by atoms with Crippen LogP contribution in [0.15, 0.2) is 12.1 Å². The molecule has 0 radical (unpaired) electrons. The van der Waals surface area contributed by atoms with Crippen LogP contribution in [0.25, 0.3) is 6.08 Å². The SMILES string of the molecule is COc1c(C)c(Cl)cc(/C=C/CN)c1O. The fraction of sp³-hybridized carbons (Fsp3) is 0.273. The zero-order valence-corrected chi connectivity index (χ0v) is 9.51. The van der Waals surface area contributed by atoms with Crippen LogP contribution in [0.1, 0.15) is 11.1 Å². The van der Waals surface area contributed by atoms with Crippen LogP contribution in [0.5, 0.6) is 11.5 Å². The number of benzene rings is 1. The molecule has 0 spiro atoms. The van der Waals surface area contributed by atoms with E-state index in [2.05, 4.69) is 0 Å². The molecule has 0 unspecified atom stereocenters. The number of methoxy groups -OCH3 is 1. The molecule has 0 saturated heterocycles. The highest BCUT2D eigenvalue weighted by Crippen LogP contribution is 2.38. The summed E-state index contributed by atoms with van der Waals surface area (Å²) in [5.74, 6) is 0.489. The molecule has 15 heavy (non-hydrogen) atoms. The van der Waals surface area contributed by atoms with Gasteiger partial charge < -0.3 is 15.6 Å². The lowest BCUT2D eigenvalue weighted by Crippen LogP contribution is -1.93. The number of hydrogen-bond donors (Lipinski definition) is 2. The zero-order chi connectivity index (χ0) is 11.4. The van der Waals surface area contributed by atoms with Gasteiger partial charge in [0, 0.05) is 22.7 Å². The third-order valence-electron chi connectivity index (χ3n) is 2.11. The Morgan fingerprint density at radius 2 is 2.27 bits per heavy atom. The van der Waals surface area contributed by atoms with Crippen LogP contribution in [-0.2, 0) is 0 Å². The van der Waals surface area contributed by atoms with Crippen molar-refractivity contribution in [2.45, 2.75) is 6.92 Å². The molecule has 1 rings (SSSR count). The summed E-state index contributed by atoms with van der Waals surface area (Å²) < 4.78 is 5.08. The molecule has 0 aromatic heterocycles. The number of rotatable bonds is 3. The molecule has 3 N–H and O–H groups in total. The molecule has 3 nitrogen and oxygen atoms in total. The summed E-state index contributed by atoms with van der Waals surface area (Å²) in [6.07, 6.45) is 3.45. The molecule has 0 aliphatic rings. The number of halogens is 1. The summed E-state index contributed by atoms with van der Waals surface area (Å²) in [7, 11) is 1.49. The lowest BCUT2D eigenvalue weighted by atomic mass is 10.1. The van der Waals surface area contributed by atoms with Crippen LogP contribution in [0.3, 0.4) is 0 Å². The van der Waals surface area contributed by atoms with Crippen molar-refractivity contribution in [1.29, 1.82) is 0 Å². The van der Waals surface area contributed by atoms with Gasteiger partial charge in [-0.3, -0.25) is 0 Å². The first-order valence-electron chi connectivity index (χ1n) is 4.54. The number of phenols is 1. The second kappa shape index (κ2) is 5.05. The van der Waals surface area contributed by atoms with Crippen molar-refractivity contribution in [1.82, 2.24) is 0 Å². The predicted molar refractivity (Wildman–Crippen MR) is 62.5 cm³/mol. The van der Waals surface area contributed by atoms with Gasteiger partial charge in [0.05, 0.1) is 7.11 Å². The summed E-state index contributed by atoms with van der Waals surface area (Å²) in [6.45, 7) is 2.20. The average molecular weight is 228 g/mol. The van der Waals surface area contributed by atoms with Crippen LogP contribution in [0.2, 0.25) is 5.02 Å². The Kier molecular flexibility index (Phi) is 4.00. The van der Waals surface area contributed by atoms with E-state index < -0.39 is 0 Å². The minimum atomic E-state index is 0.0871. The second-order valence-corrected chi connectivity index (χ2v) is 3.50. The molecular formula is C11H14ClNO2. The fourth-order valence-corrected chi connectivity index (χ4v) is 1.51. The summed E-state index contributed by atoms with van der Waals surface area (Å²) in [5, 5.41) is 10.4. The number of aromatic hydroxyl groups is 1. The Hall–Kier alpha value is -1.19. The van der Waals surface area contributed by atoms with E-state index in [1.54, 1.807) is 25.1 Å². The lowest BCUT2D eigenvalue weighted by Gasteiger charge is -2.11. The molecule has 0 atom stereocenters. The predicted octanol–water partition coefficient (Wildman–Crippen LogP) is 2.33. The van der Waals surface area contributed by atoms with Gasteiger partial charge in [-0.25, -0.2) is 0 Å². The Bertz CT molecular complexity index is 389. The minimum absolute atomic E-state index is 0.0871. The van der Waals surface area contributed by atoms with Gasteiger partial charge in [-0.1, -0.05) is 23.8 Å². The van der Waals surface area contributed by atoms with Gasteiger partial charge in [-0.05, 0) is 13.0 Å². The summed E-state index contributed by atoms with van der Waals surface area (Å²) in [6, 6.07) is 1.68. The van der Waals surface area contributed by atoms with Gasteiger partial charge in [0.25, 0.3) is 0 Å². The van der Waals surface area contributed by atoms with E-state index in [-0.39, 0.29) is 5.75 Å². The number of ether oxygens (including phenoxy) is 1. The van der Waals surface area contributed by atoms with Gasteiger partial charge in [-0.2, -0.15) is 0 Å². The van der Waals surface area contributed by atoms with E-state index in [0.717, 1.165) is 5.56 Å². The molecule has 0 aliphatic heterocycles. The van der Waals surface area contributed by atoms with Crippen LogP contribution < -0.4 is 10.5 Å². The van der Waals surface area contributed by atoms with Crippen LogP contribution >= 0.6 is 11.6 Å². The van der Waals surface area contributed by atoms with Crippen molar-refractivity contribution >= 4 is 17.7 Å². The first kappa shape index (κ1) is 11.9. The monoisotopic (exact) mass is 227 g/mol. The maximum Gasteiger partial charge on any atom is 0.165 e. The van der Waals surface area contributed by atoms with Crippen LogP contribution in [-0.4, -0.2) is 18.8 Å². The number of phenolic OH excluding ortho intramolecular Hbond substituents is 1. The quantitative estimate of drug-likeness (QED) is 0.834. The minimum Gasteiger partial charge on any atom is -0.504 e. The van der Waals surface area contributed by atoms with Crippen molar-refractivity contribution in [3.8, 4) is 11.5 Å². The largest absolute Gasteiger partial charge is 0.504 e. The molecule has 1 aromatic rings.